The maximum atomic E-state index is 12.6. The molecule has 0 unspecified atom stereocenters. The normalized spacial score (nSPS) is 10.7. The Hall–Kier alpha value is -3.74. The minimum atomic E-state index is -0.430. The number of methoxy groups -OCH3 is 2. The maximum Gasteiger partial charge on any atom is 0.339 e. The topological polar surface area (TPSA) is 87.0 Å². The molecule has 0 fully saturated rings. The van der Waals surface area contributed by atoms with Gasteiger partial charge in [0.2, 0.25) is 5.91 Å². The molecule has 3 rings (SSSR count). The van der Waals surface area contributed by atoms with Crippen molar-refractivity contribution in [3.8, 4) is 17.2 Å². The van der Waals surface area contributed by atoms with Gasteiger partial charge in [0.15, 0.2) is 11.5 Å². The fourth-order valence-corrected chi connectivity index (χ4v) is 3.67. The maximum absolute atomic E-state index is 12.6. The van der Waals surface area contributed by atoms with E-state index in [9.17, 15) is 9.59 Å². The van der Waals surface area contributed by atoms with Crippen molar-refractivity contribution in [1.29, 1.82) is 0 Å². The molecule has 0 aliphatic carbocycles. The van der Waals surface area contributed by atoms with Gasteiger partial charge in [0.05, 0.1) is 14.2 Å². The quantitative estimate of drug-likeness (QED) is 0.334. The van der Waals surface area contributed by atoms with E-state index in [4.69, 9.17) is 18.6 Å². The predicted octanol–water partition coefficient (Wildman–Crippen LogP) is 4.37. The lowest BCUT2D eigenvalue weighted by Gasteiger charge is -2.11. The van der Waals surface area contributed by atoms with E-state index < -0.39 is 5.63 Å². The average Bonchev–Trinajstić information content (AvgIpc) is 2.82. The lowest BCUT2D eigenvalue weighted by molar-refractivity contribution is -0.121. The Morgan fingerprint density at radius 3 is 2.53 bits per heavy atom. The number of rotatable bonds is 11. The van der Waals surface area contributed by atoms with Crippen LogP contribution < -0.4 is 25.2 Å². The Kier molecular flexibility index (Phi) is 8.35. The van der Waals surface area contributed by atoms with E-state index in [2.05, 4.69) is 11.9 Å². The molecule has 0 radical (unpaired) electrons. The summed E-state index contributed by atoms with van der Waals surface area (Å²) in [6.07, 6.45) is 1.15. The lowest BCUT2D eigenvalue weighted by Crippen LogP contribution is -2.26. The van der Waals surface area contributed by atoms with Crippen LogP contribution in [0.15, 0.2) is 57.8 Å². The van der Waals surface area contributed by atoms with Crippen LogP contribution in [0, 0.1) is 6.92 Å². The van der Waals surface area contributed by atoms with Gasteiger partial charge < -0.3 is 23.9 Å². The van der Waals surface area contributed by atoms with E-state index in [-0.39, 0.29) is 12.3 Å². The molecule has 0 saturated heterocycles. The fourth-order valence-electron chi connectivity index (χ4n) is 3.67. The number of hydrogen-bond donors (Lipinski definition) is 1. The second-order valence-corrected chi connectivity index (χ2v) is 8.19. The third-order valence-electron chi connectivity index (χ3n) is 5.53. The molecule has 0 aliphatic rings. The smallest absolute Gasteiger partial charge is 0.339 e. The van der Waals surface area contributed by atoms with Crippen molar-refractivity contribution in [2.45, 2.75) is 33.1 Å². The van der Waals surface area contributed by atoms with Crippen molar-refractivity contribution in [1.82, 2.24) is 5.32 Å². The summed E-state index contributed by atoms with van der Waals surface area (Å²) in [6.45, 7) is 8.44. The minimum absolute atomic E-state index is 0.122. The van der Waals surface area contributed by atoms with Crippen LogP contribution in [0.2, 0.25) is 0 Å². The third-order valence-corrected chi connectivity index (χ3v) is 5.53. The molecule has 0 saturated carbocycles. The summed E-state index contributed by atoms with van der Waals surface area (Å²) in [5, 5.41) is 3.73. The highest BCUT2D eigenvalue weighted by Crippen LogP contribution is 2.28. The standard InChI is InChI=1S/C27H31NO6/c1-17(2)16-33-20-7-8-21-18(3)22(27(30)34-24(21)15-20)9-11-26(29)28-13-12-19-6-10-23(31-4)25(14-19)32-5/h6-8,10,14-15H,1,9,11-13,16H2,2-5H3,(H,28,29). The number of amides is 1. The number of benzene rings is 2. The van der Waals surface area contributed by atoms with Gasteiger partial charge in [-0.2, -0.15) is 0 Å². The molecule has 7 heteroatoms. The Morgan fingerprint density at radius 2 is 1.82 bits per heavy atom. The molecular weight excluding hydrogens is 434 g/mol. The first-order chi connectivity index (χ1) is 16.3. The molecule has 180 valence electrons. The first-order valence-corrected chi connectivity index (χ1v) is 11.1. The molecule has 0 bridgehead atoms. The van der Waals surface area contributed by atoms with Gasteiger partial charge in [-0.05, 0) is 67.7 Å². The number of ether oxygens (including phenoxy) is 3. The monoisotopic (exact) mass is 465 g/mol. The Labute approximate surface area is 199 Å². The van der Waals surface area contributed by atoms with Crippen LogP contribution in [-0.2, 0) is 17.6 Å². The molecule has 34 heavy (non-hydrogen) atoms. The SMILES string of the molecule is C=C(C)COc1ccc2c(C)c(CCC(=O)NCCc3ccc(OC)c(OC)c3)c(=O)oc2c1. The number of carbonyl (C=O) groups excluding carboxylic acids is 1. The molecule has 2 aromatic carbocycles. The predicted molar refractivity (Wildman–Crippen MR) is 132 cm³/mol. The highest BCUT2D eigenvalue weighted by atomic mass is 16.5. The first kappa shape index (κ1) is 24.9. The molecule has 7 nitrogen and oxygen atoms in total. The molecule has 1 aromatic heterocycles. The molecule has 0 aliphatic heterocycles. The van der Waals surface area contributed by atoms with Crippen LogP contribution in [-0.4, -0.2) is 33.3 Å². The zero-order chi connectivity index (χ0) is 24.7. The highest BCUT2D eigenvalue weighted by Gasteiger charge is 2.14. The van der Waals surface area contributed by atoms with Gasteiger partial charge in [0, 0.05) is 30.0 Å². The van der Waals surface area contributed by atoms with Crippen LogP contribution in [0.5, 0.6) is 17.2 Å². The van der Waals surface area contributed by atoms with E-state index in [0.29, 0.717) is 54.4 Å². The molecule has 1 amide bonds. The van der Waals surface area contributed by atoms with Crippen LogP contribution >= 0.6 is 0 Å². The molecular formula is C27H31NO6. The van der Waals surface area contributed by atoms with Crippen molar-refractivity contribution in [2.75, 3.05) is 27.4 Å². The Bertz CT molecular complexity index is 1240. The first-order valence-electron chi connectivity index (χ1n) is 11.1. The van der Waals surface area contributed by atoms with Crippen molar-refractivity contribution in [3.05, 3.63) is 75.7 Å². The fraction of sp³-hybridized carbons (Fsp3) is 0.333. The van der Waals surface area contributed by atoms with E-state index in [1.165, 1.54) is 0 Å². The van der Waals surface area contributed by atoms with E-state index in [0.717, 1.165) is 22.1 Å². The van der Waals surface area contributed by atoms with Crippen LogP contribution in [0.3, 0.4) is 0 Å². The molecule has 0 atom stereocenters. The van der Waals surface area contributed by atoms with Gasteiger partial charge >= 0.3 is 5.63 Å². The number of carbonyl (C=O) groups is 1. The number of aryl methyl sites for hydroxylation is 1. The zero-order valence-electron chi connectivity index (χ0n) is 20.2. The lowest BCUT2D eigenvalue weighted by atomic mass is 10.0. The summed E-state index contributed by atoms with van der Waals surface area (Å²) in [7, 11) is 3.18. The van der Waals surface area contributed by atoms with Gasteiger partial charge in [0.25, 0.3) is 0 Å². The Balaban J connectivity index is 1.59. The molecule has 1 N–H and O–H groups in total. The summed E-state index contributed by atoms with van der Waals surface area (Å²) in [6, 6.07) is 11.1. The van der Waals surface area contributed by atoms with Crippen molar-refractivity contribution in [3.63, 3.8) is 0 Å². The van der Waals surface area contributed by atoms with Gasteiger partial charge in [-0.15, -0.1) is 0 Å². The van der Waals surface area contributed by atoms with Gasteiger partial charge in [-0.25, -0.2) is 4.79 Å². The van der Waals surface area contributed by atoms with Gasteiger partial charge in [-0.3, -0.25) is 4.79 Å². The Morgan fingerprint density at radius 1 is 1.06 bits per heavy atom. The molecule has 1 heterocycles. The van der Waals surface area contributed by atoms with Crippen LogP contribution in [0.1, 0.15) is 30.0 Å². The molecule has 0 spiro atoms. The largest absolute Gasteiger partial charge is 0.493 e. The van der Waals surface area contributed by atoms with Gasteiger partial charge in [-0.1, -0.05) is 12.6 Å². The summed E-state index contributed by atoms with van der Waals surface area (Å²) in [5.74, 6) is 1.80. The number of hydrogen-bond acceptors (Lipinski definition) is 6. The van der Waals surface area contributed by atoms with Crippen LogP contribution in [0.4, 0.5) is 0 Å². The van der Waals surface area contributed by atoms with E-state index in [1.54, 1.807) is 20.3 Å². The van der Waals surface area contributed by atoms with Crippen LogP contribution in [0.25, 0.3) is 11.0 Å². The van der Waals surface area contributed by atoms with E-state index >= 15 is 0 Å². The van der Waals surface area contributed by atoms with Crippen molar-refractivity contribution < 1.29 is 23.4 Å². The number of nitrogens with one attached hydrogen (secondary N) is 1. The van der Waals surface area contributed by atoms with E-state index in [1.807, 2.05) is 44.2 Å². The second-order valence-electron chi connectivity index (χ2n) is 8.19. The second kappa shape index (κ2) is 11.4. The zero-order valence-corrected chi connectivity index (χ0v) is 20.2. The minimum Gasteiger partial charge on any atom is -0.493 e. The summed E-state index contributed by atoms with van der Waals surface area (Å²) in [5.41, 5.74) is 3.28. The number of fused-ring (bicyclic) bond motifs is 1. The van der Waals surface area contributed by atoms with Crippen molar-refractivity contribution >= 4 is 16.9 Å². The summed E-state index contributed by atoms with van der Waals surface area (Å²) >= 11 is 0. The van der Waals surface area contributed by atoms with Gasteiger partial charge in [0.1, 0.15) is 17.9 Å². The molecule has 3 aromatic rings. The highest BCUT2D eigenvalue weighted by molar-refractivity contribution is 5.82. The average molecular weight is 466 g/mol. The third kappa shape index (κ3) is 6.19. The summed E-state index contributed by atoms with van der Waals surface area (Å²) in [4.78, 5) is 25.0. The van der Waals surface area contributed by atoms with Crippen molar-refractivity contribution in [2.24, 2.45) is 0 Å². The summed E-state index contributed by atoms with van der Waals surface area (Å²) < 4.78 is 21.7.